The van der Waals surface area contributed by atoms with Crippen molar-refractivity contribution in [3.05, 3.63) is 29.8 Å². The topological polar surface area (TPSA) is 75.2 Å². The molecule has 7 heteroatoms. The predicted octanol–water partition coefficient (Wildman–Crippen LogP) is 3.02. The first-order valence-corrected chi connectivity index (χ1v) is 11.2. The van der Waals surface area contributed by atoms with Crippen LogP contribution < -0.4 is 10.6 Å². The van der Waals surface area contributed by atoms with Gasteiger partial charge in [-0.15, -0.1) is 0 Å². The summed E-state index contributed by atoms with van der Waals surface area (Å²) >= 11 is 0. The van der Waals surface area contributed by atoms with E-state index in [-0.39, 0.29) is 11.8 Å². The lowest BCUT2D eigenvalue weighted by Crippen LogP contribution is -2.46. The zero-order valence-corrected chi connectivity index (χ0v) is 18.4. The van der Waals surface area contributed by atoms with Crippen molar-refractivity contribution in [2.75, 3.05) is 45.8 Å². The Kier molecular flexibility index (Phi) is 8.96. The van der Waals surface area contributed by atoms with Gasteiger partial charge in [0.2, 0.25) is 5.91 Å². The van der Waals surface area contributed by atoms with Crippen molar-refractivity contribution in [1.29, 1.82) is 0 Å². The first kappa shape index (κ1) is 22.6. The molecule has 0 atom stereocenters. The second-order valence-electron chi connectivity index (χ2n) is 8.12. The number of likely N-dealkylation sites (tertiary alicyclic amines) is 1. The highest BCUT2D eigenvalue weighted by Gasteiger charge is 2.25. The van der Waals surface area contributed by atoms with Crippen LogP contribution in [0.4, 0.5) is 5.69 Å². The number of ether oxygens (including phenoxy) is 2. The van der Waals surface area contributed by atoms with Gasteiger partial charge < -0.3 is 25.0 Å². The molecule has 0 unspecified atom stereocenters. The van der Waals surface area contributed by atoms with Gasteiger partial charge in [-0.25, -0.2) is 0 Å². The quantitative estimate of drug-likeness (QED) is 0.368. The Hall–Kier alpha value is -2.12. The highest BCUT2D eigenvalue weighted by atomic mass is 16.5. The molecule has 1 aromatic carbocycles. The molecule has 166 valence electrons. The number of carbonyl (C=O) groups is 1. The molecular weight excluding hydrogens is 380 g/mol. The third kappa shape index (κ3) is 6.71. The van der Waals surface area contributed by atoms with Crippen molar-refractivity contribution in [3.8, 4) is 0 Å². The van der Waals surface area contributed by atoms with Gasteiger partial charge in [0, 0.05) is 58.6 Å². The summed E-state index contributed by atoms with van der Waals surface area (Å²) in [6.07, 6.45) is 6.48. The van der Waals surface area contributed by atoms with Crippen LogP contribution in [0.5, 0.6) is 0 Å². The second-order valence-corrected chi connectivity index (χ2v) is 8.12. The van der Waals surface area contributed by atoms with Crippen LogP contribution in [0.25, 0.3) is 0 Å². The van der Waals surface area contributed by atoms with Gasteiger partial charge in [-0.1, -0.05) is 18.6 Å². The van der Waals surface area contributed by atoms with Gasteiger partial charge in [-0.3, -0.25) is 9.79 Å². The summed E-state index contributed by atoms with van der Waals surface area (Å²) in [5.74, 6) is 1.25. The summed E-state index contributed by atoms with van der Waals surface area (Å²) in [6, 6.07) is 8.05. The highest BCUT2D eigenvalue weighted by molar-refractivity contribution is 5.93. The molecular formula is C23H36N4O3. The first-order valence-electron chi connectivity index (χ1n) is 11.2. The van der Waals surface area contributed by atoms with E-state index in [4.69, 9.17) is 9.47 Å². The Morgan fingerprint density at radius 3 is 2.67 bits per heavy atom. The van der Waals surface area contributed by atoms with Crippen LogP contribution in [0.3, 0.4) is 0 Å². The number of amides is 1. The standard InChI is InChI=1S/C23H36N4O3/c1-24-23(27-12-10-21(11-13-27)30-15-5-14-29-2)25-17-18-6-3-9-20(16-18)26-22(28)19-7-4-8-19/h3,6,9,16,19,21H,4-5,7-8,10-15,17H2,1-2H3,(H,24,25)(H,26,28). The molecule has 1 saturated carbocycles. The number of rotatable bonds is 9. The molecule has 2 aliphatic rings. The predicted molar refractivity (Wildman–Crippen MR) is 120 cm³/mol. The molecule has 1 aliphatic heterocycles. The number of benzene rings is 1. The smallest absolute Gasteiger partial charge is 0.227 e. The largest absolute Gasteiger partial charge is 0.385 e. The van der Waals surface area contributed by atoms with Gasteiger partial charge in [0.05, 0.1) is 6.10 Å². The number of carbonyl (C=O) groups excluding carboxylic acids is 1. The maximum absolute atomic E-state index is 12.2. The Balaban J connectivity index is 1.42. The summed E-state index contributed by atoms with van der Waals surface area (Å²) in [4.78, 5) is 18.9. The minimum Gasteiger partial charge on any atom is -0.385 e. The van der Waals surface area contributed by atoms with Crippen LogP contribution in [0.1, 0.15) is 44.1 Å². The molecule has 0 spiro atoms. The van der Waals surface area contributed by atoms with Crippen molar-refractivity contribution in [1.82, 2.24) is 10.2 Å². The van der Waals surface area contributed by atoms with E-state index in [9.17, 15) is 4.79 Å². The molecule has 1 aromatic rings. The zero-order chi connectivity index (χ0) is 21.2. The normalized spacial score (nSPS) is 18.2. The summed E-state index contributed by atoms with van der Waals surface area (Å²) in [5, 5.41) is 6.51. The van der Waals surface area contributed by atoms with Crippen LogP contribution in [-0.4, -0.2) is 63.3 Å². The number of nitrogens with one attached hydrogen (secondary N) is 2. The van der Waals surface area contributed by atoms with Crippen molar-refractivity contribution in [3.63, 3.8) is 0 Å². The maximum Gasteiger partial charge on any atom is 0.227 e. The van der Waals surface area contributed by atoms with Crippen LogP contribution in [0, 0.1) is 5.92 Å². The van der Waals surface area contributed by atoms with E-state index >= 15 is 0 Å². The van der Waals surface area contributed by atoms with Gasteiger partial charge >= 0.3 is 0 Å². The van der Waals surface area contributed by atoms with Gasteiger partial charge in [-0.2, -0.15) is 0 Å². The van der Waals surface area contributed by atoms with Crippen molar-refractivity contribution in [2.24, 2.45) is 10.9 Å². The van der Waals surface area contributed by atoms with Crippen LogP contribution in [0.15, 0.2) is 29.3 Å². The van der Waals surface area contributed by atoms with Gasteiger partial charge in [-0.05, 0) is 49.8 Å². The Bertz CT molecular complexity index is 697. The van der Waals surface area contributed by atoms with E-state index < -0.39 is 0 Å². The summed E-state index contributed by atoms with van der Waals surface area (Å²) < 4.78 is 11.0. The monoisotopic (exact) mass is 416 g/mol. The molecule has 7 nitrogen and oxygen atoms in total. The van der Waals surface area contributed by atoms with Gasteiger partial charge in [0.1, 0.15) is 0 Å². The molecule has 3 rings (SSSR count). The Morgan fingerprint density at radius 2 is 2.00 bits per heavy atom. The van der Waals surface area contributed by atoms with E-state index in [2.05, 4.69) is 26.6 Å². The summed E-state index contributed by atoms with van der Waals surface area (Å²) in [5.41, 5.74) is 1.99. The first-order chi connectivity index (χ1) is 14.7. The Labute approximate surface area is 180 Å². The zero-order valence-electron chi connectivity index (χ0n) is 18.4. The minimum absolute atomic E-state index is 0.148. The number of hydrogen-bond donors (Lipinski definition) is 2. The van der Waals surface area contributed by atoms with E-state index in [1.807, 2.05) is 25.2 Å². The highest BCUT2D eigenvalue weighted by Crippen LogP contribution is 2.27. The fourth-order valence-corrected chi connectivity index (χ4v) is 3.87. The fraction of sp³-hybridized carbons (Fsp3) is 0.652. The molecule has 1 saturated heterocycles. The number of aliphatic imine (C=N–C) groups is 1. The van der Waals surface area contributed by atoms with Crippen molar-refractivity contribution in [2.45, 2.75) is 51.2 Å². The van der Waals surface area contributed by atoms with E-state index in [0.717, 1.165) is 75.6 Å². The molecule has 0 radical (unpaired) electrons. The van der Waals surface area contributed by atoms with E-state index in [1.54, 1.807) is 7.11 Å². The lowest BCUT2D eigenvalue weighted by atomic mass is 9.85. The number of anilines is 1. The second kappa shape index (κ2) is 11.9. The lowest BCUT2D eigenvalue weighted by Gasteiger charge is -2.34. The van der Waals surface area contributed by atoms with Crippen molar-refractivity contribution < 1.29 is 14.3 Å². The van der Waals surface area contributed by atoms with Gasteiger partial charge in [0.25, 0.3) is 0 Å². The molecule has 0 aromatic heterocycles. The number of piperidine rings is 1. The number of nitrogens with zero attached hydrogens (tertiary/aromatic N) is 2. The summed E-state index contributed by atoms with van der Waals surface area (Å²) in [6.45, 7) is 4.06. The third-order valence-corrected chi connectivity index (χ3v) is 5.92. The maximum atomic E-state index is 12.2. The van der Waals surface area contributed by atoms with Crippen LogP contribution in [-0.2, 0) is 20.8 Å². The van der Waals surface area contributed by atoms with Crippen LogP contribution >= 0.6 is 0 Å². The van der Waals surface area contributed by atoms with Gasteiger partial charge in [0.15, 0.2) is 5.96 Å². The average molecular weight is 417 g/mol. The average Bonchev–Trinajstić information content (AvgIpc) is 2.71. The molecule has 1 aliphatic carbocycles. The molecule has 1 amide bonds. The number of methoxy groups -OCH3 is 1. The molecule has 0 bridgehead atoms. The third-order valence-electron chi connectivity index (χ3n) is 5.92. The SMILES string of the molecule is CN=C(NCc1cccc(NC(=O)C2CCC2)c1)N1CCC(OCCCOC)CC1. The molecule has 30 heavy (non-hydrogen) atoms. The molecule has 2 fully saturated rings. The lowest BCUT2D eigenvalue weighted by molar-refractivity contribution is -0.122. The van der Waals surface area contributed by atoms with Crippen molar-refractivity contribution >= 4 is 17.6 Å². The number of hydrogen-bond acceptors (Lipinski definition) is 4. The van der Waals surface area contributed by atoms with Crippen LogP contribution in [0.2, 0.25) is 0 Å². The fourth-order valence-electron chi connectivity index (χ4n) is 3.87. The minimum atomic E-state index is 0.148. The molecule has 2 N–H and O–H groups in total. The van der Waals surface area contributed by atoms with E-state index in [1.165, 1.54) is 6.42 Å². The number of guanidine groups is 1. The van der Waals surface area contributed by atoms with E-state index in [0.29, 0.717) is 12.6 Å². The summed E-state index contributed by atoms with van der Waals surface area (Å²) in [7, 11) is 3.55. The Morgan fingerprint density at radius 1 is 1.20 bits per heavy atom. The molecule has 1 heterocycles.